The summed E-state index contributed by atoms with van der Waals surface area (Å²) in [5.74, 6) is 0. The smallest absolute Gasteiger partial charge is 0.407 e. The molecule has 1 fully saturated rings. The van der Waals surface area contributed by atoms with E-state index in [9.17, 15) is 13.2 Å². The number of carboxylic acid groups (broad SMARTS) is 1. The summed E-state index contributed by atoms with van der Waals surface area (Å²) >= 11 is 5.76. The Bertz CT molecular complexity index is 422. The van der Waals surface area contributed by atoms with Crippen LogP contribution in [0.5, 0.6) is 0 Å². The highest BCUT2D eigenvalue weighted by molar-refractivity contribution is 7.85. The highest BCUT2D eigenvalue weighted by Crippen LogP contribution is 2.20. The first-order chi connectivity index (χ1) is 7.81. The molecule has 0 aromatic rings. The fourth-order valence-electron chi connectivity index (χ4n) is 1.57. The lowest BCUT2D eigenvalue weighted by Crippen LogP contribution is -2.46. The highest BCUT2D eigenvalue weighted by atomic mass is 35.5. The molecule has 1 saturated heterocycles. The number of hydrogen-bond acceptors (Lipinski definition) is 5. The molecule has 1 amide bonds. The number of piperidine rings is 1. The van der Waals surface area contributed by atoms with Crippen LogP contribution >= 0.6 is 11.6 Å². The van der Waals surface area contributed by atoms with Crippen LogP contribution in [-0.2, 0) is 14.4 Å². The molecule has 7 nitrogen and oxygen atoms in total. The second kappa shape index (κ2) is 5.54. The first-order valence-electron chi connectivity index (χ1n) is 4.93. The molecular weight excluding hydrogens is 272 g/mol. The summed E-state index contributed by atoms with van der Waals surface area (Å²) in [6, 6.07) is -0.635. The van der Waals surface area contributed by atoms with Gasteiger partial charge in [-0.15, -0.1) is 0 Å². The number of hydrogen-bond donors (Lipinski definition) is 1. The van der Waals surface area contributed by atoms with Gasteiger partial charge in [-0.2, -0.15) is 8.42 Å². The van der Waals surface area contributed by atoms with E-state index in [2.05, 4.69) is 9.44 Å². The zero-order chi connectivity index (χ0) is 13.1. The summed E-state index contributed by atoms with van der Waals surface area (Å²) in [6.45, 7) is 0.352. The second-order valence-corrected chi connectivity index (χ2v) is 5.62. The van der Waals surface area contributed by atoms with E-state index in [-0.39, 0.29) is 5.17 Å². The van der Waals surface area contributed by atoms with Crippen LogP contribution in [0.2, 0.25) is 0 Å². The third-order valence-electron chi connectivity index (χ3n) is 2.28. The Balaban J connectivity index is 2.78. The maximum absolute atomic E-state index is 10.9. The molecule has 0 aromatic heterocycles. The zero-order valence-electron chi connectivity index (χ0n) is 9.17. The molecule has 0 spiro atoms. The Labute approximate surface area is 104 Å². The fraction of sp³-hybridized carbons (Fsp3) is 0.750. The summed E-state index contributed by atoms with van der Waals surface area (Å²) in [5.41, 5.74) is 0. The van der Waals surface area contributed by atoms with E-state index in [1.54, 1.807) is 0 Å². The van der Waals surface area contributed by atoms with Crippen LogP contribution in [0.1, 0.15) is 19.3 Å². The van der Waals surface area contributed by atoms with Crippen molar-refractivity contribution in [1.82, 2.24) is 4.90 Å². The lowest BCUT2D eigenvalue weighted by Gasteiger charge is -2.31. The molecule has 1 N–H and O–H groups in total. The number of halogens is 1. The standard InChI is InChI=1S/C8H13ClN2O5S/c1-17(14,15)16-10-7(9)6-4-2-3-5-11(6)8(12)13/h6H,2-5H2,1H3,(H,12,13). The Hall–Kier alpha value is -1.02. The minimum atomic E-state index is -3.73. The maximum Gasteiger partial charge on any atom is 0.407 e. The number of rotatable bonds is 3. The van der Waals surface area contributed by atoms with Gasteiger partial charge in [0.15, 0.2) is 5.17 Å². The van der Waals surface area contributed by atoms with Crippen molar-refractivity contribution in [3.8, 4) is 0 Å². The molecule has 0 aromatic carbocycles. The molecule has 0 aliphatic carbocycles. The number of nitrogens with zero attached hydrogens (tertiary/aromatic N) is 2. The molecule has 0 saturated carbocycles. The minimum absolute atomic E-state index is 0.169. The predicted octanol–water partition coefficient (Wildman–Crippen LogP) is 1.05. The maximum atomic E-state index is 10.9. The van der Waals surface area contributed by atoms with Crippen molar-refractivity contribution in [2.75, 3.05) is 12.8 Å². The van der Waals surface area contributed by atoms with Gasteiger partial charge in [0.05, 0.1) is 12.3 Å². The average Bonchev–Trinajstić information content (AvgIpc) is 2.25. The van der Waals surface area contributed by atoms with Crippen LogP contribution in [0.25, 0.3) is 0 Å². The minimum Gasteiger partial charge on any atom is -0.465 e. The molecule has 1 aliphatic rings. The normalized spacial score (nSPS) is 22.4. The Morgan fingerprint density at radius 2 is 2.18 bits per heavy atom. The van der Waals surface area contributed by atoms with E-state index < -0.39 is 22.3 Å². The van der Waals surface area contributed by atoms with Gasteiger partial charge in [-0.1, -0.05) is 16.8 Å². The van der Waals surface area contributed by atoms with Gasteiger partial charge < -0.3 is 5.11 Å². The topological polar surface area (TPSA) is 96.3 Å². The summed E-state index contributed by atoms with van der Waals surface area (Å²) in [6.07, 6.45) is 1.78. The predicted molar refractivity (Wildman–Crippen MR) is 61.6 cm³/mol. The van der Waals surface area contributed by atoms with Gasteiger partial charge in [-0.25, -0.2) is 4.79 Å². The van der Waals surface area contributed by atoms with Crippen LogP contribution in [0, 0.1) is 0 Å². The van der Waals surface area contributed by atoms with Gasteiger partial charge in [-0.3, -0.25) is 9.18 Å². The third-order valence-corrected chi connectivity index (χ3v) is 2.95. The molecule has 1 heterocycles. The molecule has 0 bridgehead atoms. The third kappa shape index (κ3) is 4.39. The fourth-order valence-corrected chi connectivity index (χ4v) is 2.09. The Morgan fingerprint density at radius 1 is 1.53 bits per heavy atom. The van der Waals surface area contributed by atoms with Crippen molar-refractivity contribution in [3.63, 3.8) is 0 Å². The number of oxime groups is 1. The van der Waals surface area contributed by atoms with Gasteiger partial charge in [0, 0.05) is 6.54 Å². The lowest BCUT2D eigenvalue weighted by molar-refractivity contribution is 0.124. The number of amides is 1. The molecule has 1 unspecified atom stereocenters. The van der Waals surface area contributed by atoms with E-state index in [1.807, 2.05) is 0 Å². The van der Waals surface area contributed by atoms with E-state index in [0.717, 1.165) is 24.0 Å². The average molecular weight is 285 g/mol. The summed E-state index contributed by atoms with van der Waals surface area (Å²) in [5, 5.41) is 12.0. The van der Waals surface area contributed by atoms with Crippen LogP contribution in [0.4, 0.5) is 4.79 Å². The first-order valence-corrected chi connectivity index (χ1v) is 7.12. The molecule has 9 heteroatoms. The van der Waals surface area contributed by atoms with Crippen molar-refractivity contribution in [2.24, 2.45) is 5.16 Å². The van der Waals surface area contributed by atoms with Gasteiger partial charge in [-0.05, 0) is 19.3 Å². The largest absolute Gasteiger partial charge is 0.465 e. The summed E-state index contributed by atoms with van der Waals surface area (Å²) in [4.78, 5) is 12.0. The monoisotopic (exact) mass is 284 g/mol. The second-order valence-electron chi connectivity index (χ2n) is 3.68. The summed E-state index contributed by atoms with van der Waals surface area (Å²) in [7, 11) is -3.73. The van der Waals surface area contributed by atoms with Crippen molar-refractivity contribution in [2.45, 2.75) is 25.3 Å². The van der Waals surface area contributed by atoms with Crippen molar-refractivity contribution < 1.29 is 22.6 Å². The van der Waals surface area contributed by atoms with Crippen LogP contribution in [0.3, 0.4) is 0 Å². The van der Waals surface area contributed by atoms with Crippen LogP contribution < -0.4 is 0 Å². The molecule has 0 radical (unpaired) electrons. The van der Waals surface area contributed by atoms with E-state index in [1.165, 1.54) is 0 Å². The molecule has 98 valence electrons. The summed E-state index contributed by atoms with van der Waals surface area (Å²) < 4.78 is 25.6. The van der Waals surface area contributed by atoms with E-state index in [4.69, 9.17) is 16.7 Å². The Kier molecular flexibility index (Phi) is 4.58. The quantitative estimate of drug-likeness (QED) is 0.617. The number of carbonyl (C=O) groups is 1. The zero-order valence-corrected chi connectivity index (χ0v) is 10.7. The van der Waals surface area contributed by atoms with Crippen molar-refractivity contribution in [1.29, 1.82) is 0 Å². The molecule has 1 atom stereocenters. The van der Waals surface area contributed by atoms with Gasteiger partial charge >= 0.3 is 16.2 Å². The van der Waals surface area contributed by atoms with E-state index in [0.29, 0.717) is 13.0 Å². The van der Waals surface area contributed by atoms with Crippen LogP contribution in [0.15, 0.2) is 5.16 Å². The lowest BCUT2D eigenvalue weighted by atomic mass is 10.0. The van der Waals surface area contributed by atoms with E-state index >= 15 is 0 Å². The van der Waals surface area contributed by atoms with Crippen molar-refractivity contribution in [3.05, 3.63) is 0 Å². The molecular formula is C8H13ClN2O5S. The van der Waals surface area contributed by atoms with Gasteiger partial charge in [0.2, 0.25) is 0 Å². The number of likely N-dealkylation sites (tertiary alicyclic amines) is 1. The van der Waals surface area contributed by atoms with Gasteiger partial charge in [0.25, 0.3) is 0 Å². The van der Waals surface area contributed by atoms with Crippen LogP contribution in [-0.4, -0.2) is 48.5 Å². The van der Waals surface area contributed by atoms with Crippen molar-refractivity contribution >= 4 is 33.0 Å². The SMILES string of the molecule is CS(=O)(=O)ON=C(Cl)C1CCCCN1C(=O)O. The first kappa shape index (κ1) is 14.0. The molecule has 1 rings (SSSR count). The molecule has 17 heavy (non-hydrogen) atoms. The molecule has 1 aliphatic heterocycles. The Morgan fingerprint density at radius 3 is 2.71 bits per heavy atom. The highest BCUT2D eigenvalue weighted by Gasteiger charge is 2.30. The van der Waals surface area contributed by atoms with Gasteiger partial charge in [0.1, 0.15) is 0 Å².